The summed E-state index contributed by atoms with van der Waals surface area (Å²) in [4.78, 5) is 71.9. The molecule has 0 heterocycles. The highest BCUT2D eigenvalue weighted by atomic mass is 31.2. The van der Waals surface area contributed by atoms with Crippen LogP contribution in [0.3, 0.4) is 0 Å². The number of hydrogen-bond acceptors (Lipinski definition) is 15. The van der Waals surface area contributed by atoms with Crippen molar-refractivity contribution in [1.82, 2.24) is 0 Å². The number of carbonyl (C=O) groups excluding carboxylic acids is 4. The summed E-state index contributed by atoms with van der Waals surface area (Å²) in [7, 11) is -9.88. The van der Waals surface area contributed by atoms with E-state index in [0.717, 1.165) is 108 Å². The van der Waals surface area contributed by atoms with Gasteiger partial charge in [0.05, 0.1) is 26.4 Å². The maximum absolute atomic E-state index is 13.0. The van der Waals surface area contributed by atoms with Gasteiger partial charge in [0.15, 0.2) is 12.2 Å². The van der Waals surface area contributed by atoms with Crippen molar-refractivity contribution < 1.29 is 80.2 Å². The third kappa shape index (κ3) is 58.8. The van der Waals surface area contributed by atoms with Crippen molar-refractivity contribution in [3.05, 3.63) is 0 Å². The van der Waals surface area contributed by atoms with E-state index in [2.05, 4.69) is 41.5 Å². The lowest BCUT2D eigenvalue weighted by Gasteiger charge is -2.21. The highest BCUT2D eigenvalue weighted by Crippen LogP contribution is 2.45. The molecule has 0 aromatic carbocycles. The first kappa shape index (κ1) is 81.1. The van der Waals surface area contributed by atoms with Crippen LogP contribution in [0.2, 0.25) is 0 Å². The van der Waals surface area contributed by atoms with Gasteiger partial charge in [-0.2, -0.15) is 0 Å². The monoisotopic (exact) mass is 1230 g/mol. The fourth-order valence-electron chi connectivity index (χ4n) is 9.53. The molecule has 83 heavy (non-hydrogen) atoms. The van der Waals surface area contributed by atoms with Gasteiger partial charge in [-0.3, -0.25) is 37.3 Å². The summed E-state index contributed by atoms with van der Waals surface area (Å²) in [5.74, 6) is -0.623. The van der Waals surface area contributed by atoms with Crippen LogP contribution in [-0.4, -0.2) is 96.7 Å². The molecule has 19 heteroatoms. The molecule has 0 amide bonds. The molecular formula is C64H124O17P2. The first-order valence-electron chi connectivity index (χ1n) is 33.5. The summed E-state index contributed by atoms with van der Waals surface area (Å²) in [6.07, 6.45) is 39.3. The van der Waals surface area contributed by atoms with Gasteiger partial charge >= 0.3 is 39.5 Å². The lowest BCUT2D eigenvalue weighted by Crippen LogP contribution is -2.30. The SMILES string of the molecule is CCCCCCCCCCCCC(=O)O[C@H](COC(=O)CCCCCCC)COP(=O)(O)OC[C@H](O)COP(=O)(O)OC[C@@H](COC(=O)CCCCCCCCCCC(C)C)OC(=O)CCCCCCCCCCCCCCCCC(C)C. The average molecular weight is 1230 g/mol. The number of aliphatic hydroxyl groups is 1. The number of hydrogen-bond donors (Lipinski definition) is 3. The summed E-state index contributed by atoms with van der Waals surface area (Å²) >= 11 is 0. The largest absolute Gasteiger partial charge is 0.472 e. The van der Waals surface area contributed by atoms with Crippen LogP contribution in [0.4, 0.5) is 0 Å². The Morgan fingerprint density at radius 3 is 0.819 bits per heavy atom. The van der Waals surface area contributed by atoms with Crippen molar-refractivity contribution in [2.75, 3.05) is 39.6 Å². The van der Waals surface area contributed by atoms with Gasteiger partial charge in [0.25, 0.3) is 0 Å². The third-order valence-corrected chi connectivity index (χ3v) is 16.6. The summed E-state index contributed by atoms with van der Waals surface area (Å²) in [5.41, 5.74) is 0. The van der Waals surface area contributed by atoms with Crippen LogP contribution >= 0.6 is 15.6 Å². The molecule has 0 saturated carbocycles. The Hall–Kier alpha value is -1.94. The molecule has 0 saturated heterocycles. The van der Waals surface area contributed by atoms with Gasteiger partial charge in [-0.25, -0.2) is 9.13 Å². The number of ether oxygens (including phenoxy) is 4. The number of esters is 4. The van der Waals surface area contributed by atoms with Gasteiger partial charge in [0.1, 0.15) is 19.3 Å². The third-order valence-electron chi connectivity index (χ3n) is 14.7. The Morgan fingerprint density at radius 1 is 0.325 bits per heavy atom. The lowest BCUT2D eigenvalue weighted by atomic mass is 10.0. The second-order valence-electron chi connectivity index (χ2n) is 24.1. The Morgan fingerprint density at radius 2 is 0.554 bits per heavy atom. The highest BCUT2D eigenvalue weighted by molar-refractivity contribution is 7.47. The molecule has 0 radical (unpaired) electrons. The van der Waals surface area contributed by atoms with Gasteiger partial charge in [-0.05, 0) is 37.5 Å². The van der Waals surface area contributed by atoms with E-state index in [1.807, 2.05) is 0 Å². The van der Waals surface area contributed by atoms with E-state index < -0.39 is 97.5 Å². The van der Waals surface area contributed by atoms with Gasteiger partial charge in [0, 0.05) is 25.7 Å². The fourth-order valence-corrected chi connectivity index (χ4v) is 11.1. The second-order valence-corrected chi connectivity index (χ2v) is 27.0. The molecule has 17 nitrogen and oxygen atoms in total. The van der Waals surface area contributed by atoms with Crippen molar-refractivity contribution in [3.8, 4) is 0 Å². The van der Waals surface area contributed by atoms with Gasteiger partial charge in [0.2, 0.25) is 0 Å². The quantitative estimate of drug-likeness (QED) is 0.0222. The minimum absolute atomic E-state index is 0.105. The van der Waals surface area contributed by atoms with E-state index in [9.17, 15) is 43.2 Å². The van der Waals surface area contributed by atoms with E-state index in [4.69, 9.17) is 37.0 Å². The van der Waals surface area contributed by atoms with Gasteiger partial charge in [-0.15, -0.1) is 0 Å². The van der Waals surface area contributed by atoms with E-state index in [0.29, 0.717) is 25.7 Å². The minimum atomic E-state index is -4.94. The van der Waals surface area contributed by atoms with Crippen molar-refractivity contribution in [2.24, 2.45) is 11.8 Å². The van der Waals surface area contributed by atoms with E-state index in [1.54, 1.807) is 0 Å². The lowest BCUT2D eigenvalue weighted by molar-refractivity contribution is -0.161. The van der Waals surface area contributed by atoms with E-state index in [-0.39, 0.29) is 25.7 Å². The van der Waals surface area contributed by atoms with Crippen molar-refractivity contribution in [1.29, 1.82) is 0 Å². The first-order valence-corrected chi connectivity index (χ1v) is 36.5. The Bertz CT molecular complexity index is 1630. The smallest absolute Gasteiger partial charge is 0.462 e. The average Bonchev–Trinajstić information content (AvgIpc) is 3.46. The minimum Gasteiger partial charge on any atom is -0.462 e. The second kappa shape index (κ2) is 56.6. The van der Waals surface area contributed by atoms with E-state index >= 15 is 0 Å². The summed E-state index contributed by atoms with van der Waals surface area (Å²) in [6.45, 7) is 9.39. The van der Waals surface area contributed by atoms with Gasteiger partial charge in [-0.1, -0.05) is 266 Å². The molecule has 2 unspecified atom stereocenters. The number of phosphoric ester groups is 2. The highest BCUT2D eigenvalue weighted by Gasteiger charge is 2.30. The maximum atomic E-state index is 13.0. The van der Waals surface area contributed by atoms with Gasteiger partial charge < -0.3 is 33.8 Å². The normalized spacial score (nSPS) is 14.3. The molecule has 0 aliphatic heterocycles. The summed E-state index contributed by atoms with van der Waals surface area (Å²) in [5, 5.41) is 10.5. The maximum Gasteiger partial charge on any atom is 0.472 e. The molecule has 0 aromatic heterocycles. The Labute approximate surface area is 505 Å². The van der Waals surface area contributed by atoms with Crippen LogP contribution < -0.4 is 0 Å². The molecule has 492 valence electrons. The molecule has 3 N–H and O–H groups in total. The predicted molar refractivity (Wildman–Crippen MR) is 331 cm³/mol. The number of phosphoric acid groups is 2. The number of aliphatic hydroxyl groups excluding tert-OH is 1. The van der Waals surface area contributed by atoms with Crippen LogP contribution in [0.15, 0.2) is 0 Å². The van der Waals surface area contributed by atoms with E-state index in [1.165, 1.54) is 128 Å². The number of unbranched alkanes of at least 4 members (excludes halogenated alkanes) is 33. The molecule has 0 aromatic rings. The Kier molecular flexibility index (Phi) is 55.2. The zero-order chi connectivity index (χ0) is 61.5. The standard InChI is InChI=1S/C64H124O17P2/c1-7-9-11-13-14-15-23-30-36-42-48-63(68)80-59(52-74-61(66)46-40-32-12-10-8-2)54-78-82(70,71)76-50-58(65)51-77-83(72,73)79-55-60(53-75-62(67)47-41-35-29-26-25-28-34-39-45-57(5)6)81-64(69)49-43-37-31-24-21-19-17-16-18-20-22-27-33-38-44-56(3)4/h56-60,65H,7-55H2,1-6H3,(H,70,71)(H,72,73)/t58-,59+,60+/m0/s1. The Balaban J connectivity index is 5.15. The fraction of sp³-hybridized carbons (Fsp3) is 0.938. The molecule has 0 bridgehead atoms. The molecule has 0 aliphatic rings. The zero-order valence-corrected chi connectivity index (χ0v) is 55.3. The molecule has 0 aliphatic carbocycles. The molecule has 5 atom stereocenters. The zero-order valence-electron chi connectivity index (χ0n) is 53.5. The summed E-state index contributed by atoms with van der Waals surface area (Å²) < 4.78 is 67.8. The number of rotatable bonds is 63. The van der Waals surface area contributed by atoms with Crippen molar-refractivity contribution in [2.45, 2.75) is 336 Å². The van der Waals surface area contributed by atoms with Crippen molar-refractivity contribution >= 4 is 39.5 Å². The summed E-state index contributed by atoms with van der Waals surface area (Å²) in [6, 6.07) is 0. The molecule has 0 fully saturated rings. The molecule has 0 rings (SSSR count). The topological polar surface area (TPSA) is 237 Å². The van der Waals surface area contributed by atoms with Crippen LogP contribution in [0.5, 0.6) is 0 Å². The van der Waals surface area contributed by atoms with Crippen LogP contribution in [0.1, 0.15) is 318 Å². The first-order chi connectivity index (χ1) is 39.9. The number of carbonyl (C=O) groups is 4. The van der Waals surface area contributed by atoms with Crippen molar-refractivity contribution in [3.63, 3.8) is 0 Å². The van der Waals surface area contributed by atoms with Crippen LogP contribution in [0, 0.1) is 11.8 Å². The predicted octanol–water partition coefficient (Wildman–Crippen LogP) is 17.7. The molecule has 0 spiro atoms. The van der Waals surface area contributed by atoms with Crippen LogP contribution in [0.25, 0.3) is 0 Å². The van der Waals surface area contributed by atoms with Crippen LogP contribution in [-0.2, 0) is 65.4 Å². The molecular weight excluding hydrogens is 1100 g/mol.